The number of benzene rings is 1. The standard InChI is InChI=1S/C21H25N5O2S/c1-15-8-10-25(11-9-15)12-16-14-29-21(22-16)23-20(27)19-18(28-2)13-26(24-19)17-6-4-3-5-7-17/h3-7,13-15H,8-12H2,1-2H3,(H,22,23,27). The van der Waals surface area contributed by atoms with Crippen LogP contribution in [0.2, 0.25) is 0 Å². The molecule has 0 atom stereocenters. The number of aromatic nitrogens is 3. The summed E-state index contributed by atoms with van der Waals surface area (Å²) in [6.45, 7) is 5.34. The summed E-state index contributed by atoms with van der Waals surface area (Å²) in [6, 6.07) is 9.61. The van der Waals surface area contributed by atoms with Crippen LogP contribution in [0.4, 0.5) is 5.13 Å². The third-order valence-electron chi connectivity index (χ3n) is 5.17. The van der Waals surface area contributed by atoms with E-state index in [2.05, 4.69) is 27.2 Å². The monoisotopic (exact) mass is 411 g/mol. The average Bonchev–Trinajstić information content (AvgIpc) is 3.37. The number of anilines is 1. The maximum atomic E-state index is 12.8. The molecule has 0 unspecified atom stereocenters. The zero-order valence-electron chi connectivity index (χ0n) is 16.7. The molecule has 8 heteroatoms. The lowest BCUT2D eigenvalue weighted by Crippen LogP contribution is -2.32. The number of carbonyl (C=O) groups excluding carboxylic acids is 1. The zero-order valence-corrected chi connectivity index (χ0v) is 17.5. The first-order valence-electron chi connectivity index (χ1n) is 9.79. The van der Waals surface area contributed by atoms with Crippen LogP contribution in [0.5, 0.6) is 5.75 Å². The van der Waals surface area contributed by atoms with Gasteiger partial charge in [-0.25, -0.2) is 9.67 Å². The second-order valence-electron chi connectivity index (χ2n) is 7.38. The molecule has 4 rings (SSSR count). The van der Waals surface area contributed by atoms with Gasteiger partial charge in [-0.1, -0.05) is 25.1 Å². The predicted octanol–water partition coefficient (Wildman–Crippen LogP) is 3.82. The zero-order chi connectivity index (χ0) is 20.2. The third-order valence-corrected chi connectivity index (χ3v) is 5.98. The van der Waals surface area contributed by atoms with Gasteiger partial charge in [0.2, 0.25) is 0 Å². The lowest BCUT2D eigenvalue weighted by molar-refractivity contribution is 0.101. The van der Waals surface area contributed by atoms with Crippen LogP contribution in [0.1, 0.15) is 35.9 Å². The van der Waals surface area contributed by atoms with Crippen LogP contribution >= 0.6 is 11.3 Å². The van der Waals surface area contributed by atoms with Crippen molar-refractivity contribution in [3.05, 3.63) is 53.3 Å². The number of nitrogens with one attached hydrogen (secondary N) is 1. The molecule has 0 spiro atoms. The summed E-state index contributed by atoms with van der Waals surface area (Å²) in [6.07, 6.45) is 4.17. The van der Waals surface area contributed by atoms with Crippen molar-refractivity contribution >= 4 is 22.4 Å². The fourth-order valence-electron chi connectivity index (χ4n) is 3.42. The van der Waals surface area contributed by atoms with E-state index in [1.807, 2.05) is 35.7 Å². The van der Waals surface area contributed by atoms with E-state index in [1.165, 1.54) is 31.3 Å². The van der Waals surface area contributed by atoms with Gasteiger partial charge in [0.1, 0.15) is 0 Å². The maximum absolute atomic E-state index is 12.8. The van der Waals surface area contributed by atoms with Gasteiger partial charge in [-0.15, -0.1) is 11.3 Å². The van der Waals surface area contributed by atoms with Crippen LogP contribution in [-0.4, -0.2) is 45.8 Å². The van der Waals surface area contributed by atoms with Gasteiger partial charge in [-0.05, 0) is 44.0 Å². The molecule has 1 aliphatic rings. The number of nitrogens with zero attached hydrogens (tertiary/aromatic N) is 4. The molecular weight excluding hydrogens is 386 g/mol. The number of piperidine rings is 1. The van der Waals surface area contributed by atoms with Crippen molar-refractivity contribution in [2.24, 2.45) is 5.92 Å². The third kappa shape index (κ3) is 4.65. The Morgan fingerprint density at radius 3 is 2.76 bits per heavy atom. The molecule has 1 fully saturated rings. The van der Waals surface area contributed by atoms with Crippen LogP contribution in [0.3, 0.4) is 0 Å². The summed E-state index contributed by atoms with van der Waals surface area (Å²) >= 11 is 1.43. The fraction of sp³-hybridized carbons (Fsp3) is 0.381. The summed E-state index contributed by atoms with van der Waals surface area (Å²) in [5.74, 6) is 0.900. The lowest BCUT2D eigenvalue weighted by Gasteiger charge is -2.29. The van der Waals surface area contributed by atoms with E-state index in [0.29, 0.717) is 10.9 Å². The fourth-order valence-corrected chi connectivity index (χ4v) is 4.12. The Kier molecular flexibility index (Phi) is 5.92. The van der Waals surface area contributed by atoms with Gasteiger partial charge in [0.15, 0.2) is 16.6 Å². The number of amides is 1. The molecular formula is C21H25N5O2S. The minimum absolute atomic E-state index is 0.234. The maximum Gasteiger partial charge on any atom is 0.281 e. The first-order valence-corrected chi connectivity index (χ1v) is 10.7. The SMILES string of the molecule is COc1cn(-c2ccccc2)nc1C(=O)Nc1nc(CN2CCC(C)CC2)cs1. The number of likely N-dealkylation sites (tertiary alicyclic amines) is 1. The molecule has 0 saturated carbocycles. The van der Waals surface area contributed by atoms with E-state index >= 15 is 0 Å². The van der Waals surface area contributed by atoms with Gasteiger partial charge in [0.05, 0.1) is 24.7 Å². The van der Waals surface area contributed by atoms with Crippen LogP contribution in [-0.2, 0) is 6.54 Å². The molecule has 3 heterocycles. The average molecular weight is 412 g/mol. The number of methoxy groups -OCH3 is 1. The van der Waals surface area contributed by atoms with Gasteiger partial charge >= 0.3 is 0 Å². The molecule has 1 amide bonds. The number of hydrogen-bond donors (Lipinski definition) is 1. The molecule has 0 bridgehead atoms. The van der Waals surface area contributed by atoms with Crippen molar-refractivity contribution in [1.82, 2.24) is 19.7 Å². The van der Waals surface area contributed by atoms with Crippen molar-refractivity contribution in [1.29, 1.82) is 0 Å². The van der Waals surface area contributed by atoms with Gasteiger partial charge < -0.3 is 4.74 Å². The molecule has 1 saturated heterocycles. The summed E-state index contributed by atoms with van der Waals surface area (Å²) in [5, 5.41) is 9.84. The topological polar surface area (TPSA) is 72.3 Å². The molecule has 1 aliphatic heterocycles. The lowest BCUT2D eigenvalue weighted by atomic mass is 9.99. The quantitative estimate of drug-likeness (QED) is 0.668. The Bertz CT molecular complexity index is 961. The van der Waals surface area contributed by atoms with Gasteiger partial charge in [0, 0.05) is 11.9 Å². The predicted molar refractivity (Wildman–Crippen MR) is 114 cm³/mol. The number of carbonyl (C=O) groups is 1. The highest BCUT2D eigenvalue weighted by molar-refractivity contribution is 7.13. The van der Waals surface area contributed by atoms with Crippen LogP contribution in [0.15, 0.2) is 41.9 Å². The van der Waals surface area contributed by atoms with Crippen molar-refractivity contribution in [3.63, 3.8) is 0 Å². The first kappa shape index (κ1) is 19.6. The smallest absolute Gasteiger partial charge is 0.281 e. The Hall–Kier alpha value is -2.71. The normalized spacial score (nSPS) is 15.4. The molecule has 152 valence electrons. The number of ether oxygens (including phenoxy) is 1. The Morgan fingerprint density at radius 2 is 2.03 bits per heavy atom. The van der Waals surface area contributed by atoms with Crippen molar-refractivity contribution in [3.8, 4) is 11.4 Å². The number of para-hydroxylation sites is 1. The number of hydrogen-bond acceptors (Lipinski definition) is 6. The van der Waals surface area contributed by atoms with Gasteiger partial charge in [-0.2, -0.15) is 5.10 Å². The highest BCUT2D eigenvalue weighted by Crippen LogP contribution is 2.24. The van der Waals surface area contributed by atoms with Crippen LogP contribution < -0.4 is 10.1 Å². The van der Waals surface area contributed by atoms with E-state index in [0.717, 1.165) is 36.9 Å². The highest BCUT2D eigenvalue weighted by atomic mass is 32.1. The minimum atomic E-state index is -0.329. The molecule has 29 heavy (non-hydrogen) atoms. The molecule has 0 aliphatic carbocycles. The molecule has 0 radical (unpaired) electrons. The number of rotatable bonds is 6. The Labute approximate surface area is 174 Å². The largest absolute Gasteiger partial charge is 0.493 e. The number of thiazole rings is 1. The molecule has 1 N–H and O–H groups in total. The molecule has 3 aromatic rings. The Balaban J connectivity index is 1.43. The van der Waals surface area contributed by atoms with E-state index < -0.39 is 0 Å². The van der Waals surface area contributed by atoms with Crippen molar-refractivity contribution in [2.45, 2.75) is 26.3 Å². The van der Waals surface area contributed by atoms with Gasteiger partial charge in [0.25, 0.3) is 5.91 Å². The summed E-state index contributed by atoms with van der Waals surface area (Å²) in [4.78, 5) is 19.8. The minimum Gasteiger partial charge on any atom is -0.493 e. The Morgan fingerprint density at radius 1 is 1.28 bits per heavy atom. The highest BCUT2D eigenvalue weighted by Gasteiger charge is 2.21. The first-order chi connectivity index (χ1) is 14.1. The van der Waals surface area contributed by atoms with Crippen molar-refractivity contribution in [2.75, 3.05) is 25.5 Å². The van der Waals surface area contributed by atoms with Crippen LogP contribution in [0, 0.1) is 5.92 Å². The summed E-state index contributed by atoms with van der Waals surface area (Å²) in [5.41, 5.74) is 2.08. The van der Waals surface area contributed by atoms with E-state index in [9.17, 15) is 4.79 Å². The van der Waals surface area contributed by atoms with Gasteiger partial charge in [-0.3, -0.25) is 15.0 Å². The summed E-state index contributed by atoms with van der Waals surface area (Å²) in [7, 11) is 1.53. The van der Waals surface area contributed by atoms with E-state index in [1.54, 1.807) is 10.9 Å². The summed E-state index contributed by atoms with van der Waals surface area (Å²) < 4.78 is 6.99. The molecule has 7 nitrogen and oxygen atoms in total. The van der Waals surface area contributed by atoms with Crippen molar-refractivity contribution < 1.29 is 9.53 Å². The molecule has 2 aromatic heterocycles. The molecule has 1 aromatic carbocycles. The van der Waals surface area contributed by atoms with E-state index in [-0.39, 0.29) is 11.6 Å². The second-order valence-corrected chi connectivity index (χ2v) is 8.24. The second kappa shape index (κ2) is 8.75. The van der Waals surface area contributed by atoms with E-state index in [4.69, 9.17) is 4.74 Å². The van der Waals surface area contributed by atoms with Crippen LogP contribution in [0.25, 0.3) is 5.69 Å².